The molecule has 0 spiro atoms. The normalized spacial score (nSPS) is 19.8. The van der Waals surface area contributed by atoms with Crippen molar-refractivity contribution >= 4 is 11.6 Å². The van der Waals surface area contributed by atoms with Gasteiger partial charge < -0.3 is 16.0 Å². The van der Waals surface area contributed by atoms with E-state index in [1.54, 1.807) is 12.3 Å². The fourth-order valence-electron chi connectivity index (χ4n) is 2.43. The molecule has 1 aromatic rings. The molecular weight excluding hydrogens is 240 g/mol. The second kappa shape index (κ2) is 6.02. The molecule has 2 rings (SSSR count). The van der Waals surface area contributed by atoms with Crippen LogP contribution in [0.15, 0.2) is 18.5 Å². The maximum Gasteiger partial charge on any atom is 0.254 e. The van der Waals surface area contributed by atoms with Gasteiger partial charge in [-0.2, -0.15) is 0 Å². The summed E-state index contributed by atoms with van der Waals surface area (Å²) in [6.07, 6.45) is 4.24. The summed E-state index contributed by atoms with van der Waals surface area (Å²) in [6.45, 7) is 7.29. The van der Waals surface area contributed by atoms with Crippen molar-refractivity contribution in [2.45, 2.75) is 26.3 Å². The molecule has 1 amide bonds. The minimum atomic E-state index is -0.131. The van der Waals surface area contributed by atoms with Crippen molar-refractivity contribution in [1.29, 1.82) is 0 Å². The molecule has 0 radical (unpaired) electrons. The van der Waals surface area contributed by atoms with E-state index in [1.165, 1.54) is 6.20 Å². The molecule has 2 heterocycles. The van der Waals surface area contributed by atoms with Gasteiger partial charge in [-0.05, 0) is 38.8 Å². The molecule has 0 bridgehead atoms. The highest BCUT2D eigenvalue weighted by Gasteiger charge is 2.24. The highest BCUT2D eigenvalue weighted by Crippen LogP contribution is 2.18. The Balaban J connectivity index is 1.84. The van der Waals surface area contributed by atoms with E-state index in [1.807, 2.05) is 0 Å². The monoisotopic (exact) mass is 262 g/mol. The first kappa shape index (κ1) is 13.8. The fourth-order valence-corrected chi connectivity index (χ4v) is 2.43. The SMILES string of the molecule is CC(C)N1CCC(CNC(=O)c2cnccc2N)C1. The number of pyridine rings is 1. The molecule has 0 saturated carbocycles. The van der Waals surface area contributed by atoms with Crippen LogP contribution in [0.2, 0.25) is 0 Å². The topological polar surface area (TPSA) is 71.2 Å². The molecule has 0 aliphatic carbocycles. The molecule has 1 aliphatic rings. The Labute approximate surface area is 114 Å². The van der Waals surface area contributed by atoms with Crippen LogP contribution in [-0.4, -0.2) is 41.5 Å². The largest absolute Gasteiger partial charge is 0.398 e. The third kappa shape index (κ3) is 3.44. The maximum absolute atomic E-state index is 12.0. The number of hydrogen-bond acceptors (Lipinski definition) is 4. The van der Waals surface area contributed by atoms with Gasteiger partial charge in [0.2, 0.25) is 0 Å². The standard InChI is InChI=1S/C14H22N4O/c1-10(2)18-6-4-11(9-18)7-17-14(19)12-8-16-5-3-13(12)15/h3,5,8,10-11H,4,6-7,9H2,1-2H3,(H2,15,16)(H,17,19). The van der Waals surface area contributed by atoms with Crippen LogP contribution in [0.4, 0.5) is 5.69 Å². The van der Waals surface area contributed by atoms with Gasteiger partial charge in [0.25, 0.3) is 5.91 Å². The molecule has 0 aromatic carbocycles. The lowest BCUT2D eigenvalue weighted by atomic mass is 10.1. The number of anilines is 1. The molecule has 5 nitrogen and oxygen atoms in total. The second-order valence-corrected chi connectivity index (χ2v) is 5.42. The Bertz CT molecular complexity index is 447. The number of carbonyl (C=O) groups excluding carboxylic acids is 1. The number of carbonyl (C=O) groups is 1. The van der Waals surface area contributed by atoms with Crippen molar-refractivity contribution in [3.05, 3.63) is 24.0 Å². The van der Waals surface area contributed by atoms with Crippen molar-refractivity contribution < 1.29 is 4.79 Å². The number of nitrogens with one attached hydrogen (secondary N) is 1. The van der Waals surface area contributed by atoms with Crippen molar-refractivity contribution in [2.75, 3.05) is 25.4 Å². The zero-order valence-electron chi connectivity index (χ0n) is 11.6. The average Bonchev–Trinajstić information content (AvgIpc) is 2.85. The summed E-state index contributed by atoms with van der Waals surface area (Å²) in [5, 5.41) is 2.96. The van der Waals surface area contributed by atoms with Crippen molar-refractivity contribution in [3.8, 4) is 0 Å². The predicted octanol–water partition coefficient (Wildman–Crippen LogP) is 1.12. The molecule has 1 unspecified atom stereocenters. The molecule has 1 aliphatic heterocycles. The average molecular weight is 262 g/mol. The molecule has 1 aromatic heterocycles. The van der Waals surface area contributed by atoms with Gasteiger partial charge in [-0.3, -0.25) is 9.78 Å². The summed E-state index contributed by atoms with van der Waals surface area (Å²) in [6, 6.07) is 2.22. The van der Waals surface area contributed by atoms with E-state index in [9.17, 15) is 4.79 Å². The molecule has 1 atom stereocenters. The third-order valence-corrected chi connectivity index (χ3v) is 3.70. The van der Waals surface area contributed by atoms with Crippen LogP contribution in [0.3, 0.4) is 0 Å². The summed E-state index contributed by atoms with van der Waals surface area (Å²) in [7, 11) is 0. The van der Waals surface area contributed by atoms with Crippen LogP contribution < -0.4 is 11.1 Å². The number of hydrogen-bond donors (Lipinski definition) is 2. The molecule has 1 fully saturated rings. The van der Waals surface area contributed by atoms with E-state index in [0.29, 0.717) is 29.8 Å². The number of likely N-dealkylation sites (tertiary alicyclic amines) is 1. The van der Waals surface area contributed by atoms with Gasteiger partial charge in [0, 0.05) is 37.2 Å². The number of nitrogens with two attached hydrogens (primary N) is 1. The fraction of sp³-hybridized carbons (Fsp3) is 0.571. The zero-order valence-corrected chi connectivity index (χ0v) is 11.6. The predicted molar refractivity (Wildman–Crippen MR) is 75.8 cm³/mol. The van der Waals surface area contributed by atoms with Gasteiger partial charge in [-0.15, -0.1) is 0 Å². The van der Waals surface area contributed by atoms with Crippen LogP contribution in [0, 0.1) is 5.92 Å². The van der Waals surface area contributed by atoms with Gasteiger partial charge >= 0.3 is 0 Å². The molecule has 104 valence electrons. The van der Waals surface area contributed by atoms with E-state index in [-0.39, 0.29) is 5.91 Å². The summed E-state index contributed by atoms with van der Waals surface area (Å²) >= 11 is 0. The van der Waals surface area contributed by atoms with Gasteiger partial charge in [-0.25, -0.2) is 0 Å². The first-order valence-corrected chi connectivity index (χ1v) is 6.79. The Morgan fingerprint density at radius 1 is 1.63 bits per heavy atom. The van der Waals surface area contributed by atoms with Crippen LogP contribution in [0.1, 0.15) is 30.6 Å². The van der Waals surface area contributed by atoms with Crippen molar-refractivity contribution in [3.63, 3.8) is 0 Å². The number of amides is 1. The van der Waals surface area contributed by atoms with E-state index >= 15 is 0 Å². The molecule has 3 N–H and O–H groups in total. The summed E-state index contributed by atoms with van der Waals surface area (Å²) in [4.78, 5) is 18.4. The van der Waals surface area contributed by atoms with E-state index in [0.717, 1.165) is 19.5 Å². The van der Waals surface area contributed by atoms with Crippen LogP contribution in [-0.2, 0) is 0 Å². The van der Waals surface area contributed by atoms with Crippen molar-refractivity contribution in [1.82, 2.24) is 15.2 Å². The maximum atomic E-state index is 12.0. The highest BCUT2D eigenvalue weighted by atomic mass is 16.1. The summed E-state index contributed by atoms with van der Waals surface area (Å²) in [5.41, 5.74) is 6.69. The summed E-state index contributed by atoms with van der Waals surface area (Å²) in [5.74, 6) is 0.401. The molecule has 1 saturated heterocycles. The number of rotatable bonds is 4. The van der Waals surface area contributed by atoms with Crippen LogP contribution in [0.5, 0.6) is 0 Å². The first-order chi connectivity index (χ1) is 9.08. The number of nitrogen functional groups attached to an aromatic ring is 1. The third-order valence-electron chi connectivity index (χ3n) is 3.70. The smallest absolute Gasteiger partial charge is 0.254 e. The van der Waals surface area contributed by atoms with Gasteiger partial charge in [-0.1, -0.05) is 0 Å². The Kier molecular flexibility index (Phi) is 4.37. The first-order valence-electron chi connectivity index (χ1n) is 6.79. The Hall–Kier alpha value is -1.62. The highest BCUT2D eigenvalue weighted by molar-refractivity contribution is 5.98. The molecular formula is C14H22N4O. The van der Waals surface area contributed by atoms with E-state index in [4.69, 9.17) is 5.73 Å². The van der Waals surface area contributed by atoms with Gasteiger partial charge in [0.15, 0.2) is 0 Å². The minimum absolute atomic E-state index is 0.131. The quantitative estimate of drug-likeness (QED) is 0.853. The van der Waals surface area contributed by atoms with E-state index < -0.39 is 0 Å². The lowest BCUT2D eigenvalue weighted by Crippen LogP contribution is -2.33. The van der Waals surface area contributed by atoms with Crippen LogP contribution >= 0.6 is 0 Å². The Morgan fingerprint density at radius 3 is 3.05 bits per heavy atom. The lowest BCUT2D eigenvalue weighted by molar-refractivity contribution is 0.0947. The minimum Gasteiger partial charge on any atom is -0.398 e. The van der Waals surface area contributed by atoms with E-state index in [2.05, 4.69) is 29.0 Å². The Morgan fingerprint density at radius 2 is 2.42 bits per heavy atom. The lowest BCUT2D eigenvalue weighted by Gasteiger charge is -2.20. The van der Waals surface area contributed by atoms with Gasteiger partial charge in [0.1, 0.15) is 0 Å². The van der Waals surface area contributed by atoms with Crippen LogP contribution in [0.25, 0.3) is 0 Å². The molecule has 5 heteroatoms. The summed E-state index contributed by atoms with van der Waals surface area (Å²) < 4.78 is 0. The van der Waals surface area contributed by atoms with Gasteiger partial charge in [0.05, 0.1) is 5.56 Å². The number of aromatic nitrogens is 1. The zero-order chi connectivity index (χ0) is 13.8. The molecule has 19 heavy (non-hydrogen) atoms. The second-order valence-electron chi connectivity index (χ2n) is 5.42. The number of nitrogens with zero attached hydrogens (tertiary/aromatic N) is 2. The van der Waals surface area contributed by atoms with Crippen molar-refractivity contribution in [2.24, 2.45) is 5.92 Å².